The Bertz CT molecular complexity index is 1140. The average molecular weight is 652 g/mol. The molecule has 0 bridgehead atoms. The summed E-state index contributed by atoms with van der Waals surface area (Å²) in [7, 11) is 0. The van der Waals surface area contributed by atoms with Crippen LogP contribution in [0.4, 0.5) is 0 Å². The van der Waals surface area contributed by atoms with Gasteiger partial charge in [-0.3, -0.25) is 39.3 Å². The van der Waals surface area contributed by atoms with Gasteiger partial charge in [-0.1, -0.05) is 0 Å². The molecule has 2 saturated heterocycles. The zero-order valence-corrected chi connectivity index (χ0v) is 25.6. The van der Waals surface area contributed by atoms with E-state index in [1.807, 2.05) is 0 Å². The minimum absolute atomic E-state index is 0.593. The maximum absolute atomic E-state index is 12.2. The largest absolute Gasteiger partial charge is 0.463 e. The molecule has 2 aliphatic rings. The van der Waals surface area contributed by atoms with Crippen molar-refractivity contribution in [2.75, 3.05) is 13.2 Å². The molecule has 2 fully saturated rings. The second-order valence-corrected chi connectivity index (χ2v) is 9.93. The van der Waals surface area contributed by atoms with Gasteiger partial charge in [0.25, 0.3) is 0 Å². The van der Waals surface area contributed by atoms with Crippen LogP contribution in [0.15, 0.2) is 0 Å². The van der Waals surface area contributed by atoms with E-state index < -0.39 is 116 Å². The summed E-state index contributed by atoms with van der Waals surface area (Å²) in [6.45, 7) is 5.47. The molecule has 0 aromatic carbocycles. The van der Waals surface area contributed by atoms with Crippen molar-refractivity contribution in [3.8, 4) is 0 Å². The lowest BCUT2D eigenvalue weighted by Crippen LogP contribution is -2.73. The molecule has 0 amide bonds. The van der Waals surface area contributed by atoms with Gasteiger partial charge in [0.2, 0.25) is 6.10 Å². The molecular weight excluding hydrogens is 614 g/mol. The van der Waals surface area contributed by atoms with E-state index in [0.717, 1.165) is 48.5 Å². The van der Waals surface area contributed by atoms with Gasteiger partial charge in [-0.05, 0) is 0 Å². The number of carbonyl (C=O) groups is 7. The van der Waals surface area contributed by atoms with Gasteiger partial charge in [0.15, 0.2) is 30.7 Å². The van der Waals surface area contributed by atoms with Crippen molar-refractivity contribution in [1.82, 2.24) is 0 Å². The van der Waals surface area contributed by atoms with Gasteiger partial charge < -0.3 is 52.5 Å². The molecule has 0 spiro atoms. The number of nitrogens with two attached hydrogens (primary N) is 1. The first-order chi connectivity index (χ1) is 20.9. The summed E-state index contributed by atoms with van der Waals surface area (Å²) in [4.78, 5) is 84.1. The van der Waals surface area contributed by atoms with E-state index in [1.165, 1.54) is 0 Å². The lowest BCUT2D eigenvalue weighted by Gasteiger charge is -2.50. The molecule has 0 radical (unpaired) electrons. The zero-order chi connectivity index (χ0) is 34.2. The quantitative estimate of drug-likeness (QED) is 0.137. The predicted octanol–water partition coefficient (Wildman–Crippen LogP) is -2.12. The molecule has 0 aromatic rings. The Morgan fingerprint density at radius 1 is 0.622 bits per heavy atom. The van der Waals surface area contributed by atoms with Gasteiger partial charge in [-0.25, -0.2) is 0 Å². The van der Waals surface area contributed by atoms with Crippen LogP contribution in [0.1, 0.15) is 48.5 Å². The number of ether oxygens (including phenoxy) is 10. The Morgan fingerprint density at radius 2 is 1.11 bits per heavy atom. The Kier molecular flexibility index (Phi) is 13.2. The standard InChI is InChI=1S/C26H37NO18/c1-10(29)36-9-18-20(37-11(2)30)21(38-12(3)31)23(40-14(5)33)25(42-18)43-19-17(8-28)45-26(27,44-16(7)35)24(41-15(6)34)22(19)39-13(4)32/h17-25,28H,8-9,27H2,1-7H3/t17-,18-,19-,20+,21+,22+,23-,24-,25+,26?/m1/s1. The molecule has 0 aromatic heterocycles. The van der Waals surface area contributed by atoms with Gasteiger partial charge in [0.1, 0.15) is 24.9 Å². The van der Waals surface area contributed by atoms with Crippen LogP contribution in [0.2, 0.25) is 0 Å². The summed E-state index contributed by atoms with van der Waals surface area (Å²) in [6, 6.07) is 0. The highest BCUT2D eigenvalue weighted by Crippen LogP contribution is 2.37. The van der Waals surface area contributed by atoms with Gasteiger partial charge in [0.05, 0.1) is 6.61 Å². The fraction of sp³-hybridized carbons (Fsp3) is 0.731. The number of rotatable bonds is 11. The number of hydrogen-bond donors (Lipinski definition) is 2. The second-order valence-electron chi connectivity index (χ2n) is 9.93. The van der Waals surface area contributed by atoms with Gasteiger partial charge in [-0.2, -0.15) is 0 Å². The van der Waals surface area contributed by atoms with Gasteiger partial charge in [0, 0.05) is 48.5 Å². The van der Waals surface area contributed by atoms with Crippen molar-refractivity contribution in [2.45, 2.75) is 109 Å². The summed E-state index contributed by atoms with van der Waals surface area (Å²) in [5.74, 6) is -9.10. The van der Waals surface area contributed by atoms with Crippen LogP contribution < -0.4 is 5.73 Å². The van der Waals surface area contributed by atoms with E-state index in [9.17, 15) is 38.7 Å². The van der Waals surface area contributed by atoms with E-state index >= 15 is 0 Å². The number of aliphatic hydroxyl groups excluding tert-OH is 1. The maximum Gasteiger partial charge on any atom is 0.313 e. The monoisotopic (exact) mass is 651 g/mol. The second kappa shape index (κ2) is 15.9. The highest BCUT2D eigenvalue weighted by molar-refractivity contribution is 5.69. The van der Waals surface area contributed by atoms with Crippen LogP contribution in [0, 0.1) is 0 Å². The highest BCUT2D eigenvalue weighted by Gasteiger charge is 2.62. The predicted molar refractivity (Wildman–Crippen MR) is 139 cm³/mol. The van der Waals surface area contributed by atoms with Gasteiger partial charge >= 0.3 is 47.7 Å². The summed E-state index contributed by atoms with van der Waals surface area (Å²) in [5, 5.41) is 10.2. The molecule has 19 nitrogen and oxygen atoms in total. The minimum Gasteiger partial charge on any atom is -0.463 e. The molecule has 254 valence electrons. The first-order valence-corrected chi connectivity index (χ1v) is 13.5. The summed E-state index contributed by atoms with van der Waals surface area (Å²) in [5.41, 5.74) is 6.15. The SMILES string of the molecule is CC(=O)OC[C@H]1O[C@@H](O[C@H]2[C@H](OC(C)=O)[C@@H](OC(C)=O)C(N)(OC(C)=O)O[C@@H]2CO)[C@H](OC(C)=O)[C@@H](OC(C)=O)[C@H]1OC(C)=O. The molecule has 0 saturated carbocycles. The number of aliphatic hydroxyl groups is 1. The topological polar surface area (TPSA) is 258 Å². The third kappa shape index (κ3) is 10.3. The smallest absolute Gasteiger partial charge is 0.313 e. The van der Waals surface area contributed by atoms with Crippen molar-refractivity contribution in [3.05, 3.63) is 0 Å². The number of carbonyl (C=O) groups excluding carboxylic acids is 7. The molecule has 19 heteroatoms. The Hall–Kier alpha value is -3.91. The van der Waals surface area contributed by atoms with E-state index in [4.69, 9.17) is 53.1 Å². The van der Waals surface area contributed by atoms with E-state index in [-0.39, 0.29) is 0 Å². The summed E-state index contributed by atoms with van der Waals surface area (Å²) in [6.07, 6.45) is -15.2. The minimum atomic E-state index is -2.62. The Labute approximate surface area is 256 Å². The first kappa shape index (κ1) is 37.3. The van der Waals surface area contributed by atoms with E-state index in [0.29, 0.717) is 0 Å². The molecular formula is C26H37NO18. The van der Waals surface area contributed by atoms with E-state index in [2.05, 4.69) is 0 Å². The zero-order valence-electron chi connectivity index (χ0n) is 25.6. The van der Waals surface area contributed by atoms with E-state index in [1.54, 1.807) is 0 Å². The third-order valence-corrected chi connectivity index (χ3v) is 6.04. The normalized spacial score (nSPS) is 32.7. The van der Waals surface area contributed by atoms with Crippen molar-refractivity contribution < 1.29 is 86.0 Å². The lowest BCUT2D eigenvalue weighted by molar-refractivity contribution is -0.383. The highest BCUT2D eigenvalue weighted by atomic mass is 16.8. The Morgan fingerprint density at radius 3 is 1.58 bits per heavy atom. The van der Waals surface area contributed by atoms with Crippen LogP contribution in [0.3, 0.4) is 0 Å². The first-order valence-electron chi connectivity index (χ1n) is 13.5. The fourth-order valence-corrected chi connectivity index (χ4v) is 4.70. The molecule has 3 N–H and O–H groups in total. The molecule has 45 heavy (non-hydrogen) atoms. The number of esters is 7. The molecule has 10 atom stereocenters. The third-order valence-electron chi connectivity index (χ3n) is 6.04. The molecule has 2 heterocycles. The van der Waals surface area contributed by atoms with Crippen molar-refractivity contribution in [2.24, 2.45) is 5.73 Å². The van der Waals surface area contributed by atoms with Crippen LogP contribution >= 0.6 is 0 Å². The van der Waals surface area contributed by atoms with Gasteiger partial charge in [-0.15, -0.1) is 0 Å². The van der Waals surface area contributed by atoms with Crippen molar-refractivity contribution in [3.63, 3.8) is 0 Å². The molecule has 1 unspecified atom stereocenters. The summed E-state index contributed by atoms with van der Waals surface area (Å²) >= 11 is 0. The average Bonchev–Trinajstić information content (AvgIpc) is 2.88. The maximum atomic E-state index is 12.2. The number of hydrogen-bond acceptors (Lipinski definition) is 19. The molecule has 0 aliphatic carbocycles. The fourth-order valence-electron chi connectivity index (χ4n) is 4.70. The van der Waals surface area contributed by atoms with Crippen LogP contribution in [0.25, 0.3) is 0 Å². The van der Waals surface area contributed by atoms with Crippen LogP contribution in [-0.2, 0) is 80.9 Å². The Balaban J connectivity index is 2.70. The molecule has 2 aliphatic heterocycles. The summed E-state index contributed by atoms with van der Waals surface area (Å²) < 4.78 is 54.3. The van der Waals surface area contributed by atoms with Crippen LogP contribution in [-0.4, -0.2) is 121 Å². The molecule has 2 rings (SSSR count). The lowest BCUT2D eigenvalue weighted by atomic mass is 9.94. The van der Waals surface area contributed by atoms with Crippen molar-refractivity contribution in [1.29, 1.82) is 0 Å². The van der Waals surface area contributed by atoms with Crippen molar-refractivity contribution >= 4 is 41.8 Å². The van der Waals surface area contributed by atoms with Crippen LogP contribution in [0.5, 0.6) is 0 Å².